The lowest BCUT2D eigenvalue weighted by Gasteiger charge is -2.09. The van der Waals surface area contributed by atoms with Crippen LogP contribution < -0.4 is 5.32 Å². The number of halogens is 3. The highest BCUT2D eigenvalue weighted by atomic mass is 19.4. The highest BCUT2D eigenvalue weighted by Crippen LogP contribution is 2.30. The molecule has 0 saturated carbocycles. The molecule has 5 heteroatoms. The van der Waals surface area contributed by atoms with Gasteiger partial charge < -0.3 is 5.32 Å². The van der Waals surface area contributed by atoms with Crippen LogP contribution in [0.5, 0.6) is 0 Å². The summed E-state index contributed by atoms with van der Waals surface area (Å²) in [7, 11) is 0. The minimum atomic E-state index is -4.39. The van der Waals surface area contributed by atoms with E-state index in [1.165, 1.54) is 12.1 Å². The summed E-state index contributed by atoms with van der Waals surface area (Å²) < 4.78 is 37.3. The Hall–Kier alpha value is -1.52. The number of anilines is 1. The van der Waals surface area contributed by atoms with Gasteiger partial charge in [-0.2, -0.15) is 13.2 Å². The van der Waals surface area contributed by atoms with Gasteiger partial charge in [0, 0.05) is 12.1 Å². The van der Waals surface area contributed by atoms with Gasteiger partial charge in [0.1, 0.15) is 0 Å². The van der Waals surface area contributed by atoms with E-state index in [1.54, 1.807) is 0 Å². The van der Waals surface area contributed by atoms with E-state index >= 15 is 0 Å². The van der Waals surface area contributed by atoms with Gasteiger partial charge in [-0.15, -0.1) is 0 Å². The van der Waals surface area contributed by atoms with Crippen LogP contribution in [0.3, 0.4) is 0 Å². The highest BCUT2D eigenvalue weighted by molar-refractivity contribution is 5.90. The normalized spacial score (nSPS) is 11.3. The zero-order valence-electron chi connectivity index (χ0n) is 10.2. The second-order valence-electron chi connectivity index (χ2n) is 4.08. The van der Waals surface area contributed by atoms with Crippen LogP contribution >= 0.6 is 0 Å². The second kappa shape index (κ2) is 6.42. The lowest BCUT2D eigenvalue weighted by Crippen LogP contribution is -2.12. The quantitative estimate of drug-likeness (QED) is 0.788. The maximum absolute atomic E-state index is 12.4. The molecule has 1 N–H and O–H groups in total. The van der Waals surface area contributed by atoms with Crippen molar-refractivity contribution in [2.45, 2.75) is 38.8 Å². The van der Waals surface area contributed by atoms with Crippen LogP contribution in [-0.2, 0) is 11.0 Å². The van der Waals surface area contributed by atoms with Crippen molar-refractivity contribution in [1.82, 2.24) is 0 Å². The standard InChI is InChI=1S/C13H16F3NO/c1-2-3-4-8-12(18)17-11-7-5-6-10(9-11)13(14,15)16/h5-7,9H,2-4,8H2,1H3,(H,17,18). The Morgan fingerprint density at radius 2 is 2.00 bits per heavy atom. The summed E-state index contributed by atoms with van der Waals surface area (Å²) in [4.78, 5) is 11.5. The summed E-state index contributed by atoms with van der Waals surface area (Å²) >= 11 is 0. The van der Waals surface area contributed by atoms with Gasteiger partial charge in [-0.1, -0.05) is 25.8 Å². The molecule has 100 valence electrons. The number of nitrogens with one attached hydrogen (secondary N) is 1. The first-order chi connectivity index (χ1) is 8.43. The molecule has 0 heterocycles. The zero-order chi connectivity index (χ0) is 13.6. The van der Waals surface area contributed by atoms with Crippen molar-refractivity contribution in [2.24, 2.45) is 0 Å². The first-order valence-corrected chi connectivity index (χ1v) is 5.90. The molecule has 2 nitrogen and oxygen atoms in total. The number of carbonyl (C=O) groups is 1. The van der Waals surface area contributed by atoms with E-state index in [0.29, 0.717) is 6.42 Å². The lowest BCUT2D eigenvalue weighted by molar-refractivity contribution is -0.137. The first kappa shape index (κ1) is 14.5. The average Bonchev–Trinajstić information content (AvgIpc) is 2.28. The van der Waals surface area contributed by atoms with Crippen LogP contribution in [0.15, 0.2) is 24.3 Å². The molecule has 1 aromatic rings. The van der Waals surface area contributed by atoms with Gasteiger partial charge in [0.15, 0.2) is 0 Å². The maximum Gasteiger partial charge on any atom is 0.416 e. The number of hydrogen-bond acceptors (Lipinski definition) is 1. The SMILES string of the molecule is CCCCCC(=O)Nc1cccc(C(F)(F)F)c1. The zero-order valence-corrected chi connectivity index (χ0v) is 10.2. The molecule has 0 spiro atoms. The van der Waals surface area contributed by atoms with Gasteiger partial charge in [-0.05, 0) is 24.6 Å². The van der Waals surface area contributed by atoms with Crippen LogP contribution in [0, 0.1) is 0 Å². The predicted octanol–water partition coefficient (Wildman–Crippen LogP) is 4.22. The van der Waals surface area contributed by atoms with Crippen molar-refractivity contribution in [2.75, 3.05) is 5.32 Å². The maximum atomic E-state index is 12.4. The van der Waals surface area contributed by atoms with Crippen LogP contribution in [-0.4, -0.2) is 5.91 Å². The Bertz CT molecular complexity index is 401. The Kier molecular flexibility index (Phi) is 5.19. The fourth-order valence-electron chi connectivity index (χ4n) is 1.53. The minimum Gasteiger partial charge on any atom is -0.326 e. The van der Waals surface area contributed by atoms with Crippen LogP contribution in [0.4, 0.5) is 18.9 Å². The first-order valence-electron chi connectivity index (χ1n) is 5.90. The van der Waals surface area contributed by atoms with Crippen molar-refractivity contribution in [1.29, 1.82) is 0 Å². The smallest absolute Gasteiger partial charge is 0.326 e. The van der Waals surface area contributed by atoms with Gasteiger partial charge in [-0.3, -0.25) is 4.79 Å². The molecular weight excluding hydrogens is 243 g/mol. The number of alkyl halides is 3. The number of rotatable bonds is 5. The molecule has 1 aromatic carbocycles. The fraction of sp³-hybridized carbons (Fsp3) is 0.462. The molecule has 1 rings (SSSR count). The van der Waals surface area contributed by atoms with Crippen molar-refractivity contribution in [3.8, 4) is 0 Å². The fourth-order valence-corrected chi connectivity index (χ4v) is 1.53. The van der Waals surface area contributed by atoms with Gasteiger partial charge in [0.25, 0.3) is 0 Å². The van der Waals surface area contributed by atoms with E-state index in [9.17, 15) is 18.0 Å². The summed E-state index contributed by atoms with van der Waals surface area (Å²) in [5.41, 5.74) is -0.569. The lowest BCUT2D eigenvalue weighted by atomic mass is 10.1. The van der Waals surface area contributed by atoms with Gasteiger partial charge in [0.05, 0.1) is 5.56 Å². The number of amides is 1. The molecule has 0 atom stereocenters. The molecular formula is C13H16F3NO. The monoisotopic (exact) mass is 259 g/mol. The summed E-state index contributed by atoms with van der Waals surface area (Å²) in [6.07, 6.45) is -1.36. The molecule has 0 saturated heterocycles. The Morgan fingerprint density at radius 3 is 2.61 bits per heavy atom. The van der Waals surface area contributed by atoms with E-state index in [0.717, 1.165) is 31.4 Å². The van der Waals surface area contributed by atoms with Crippen molar-refractivity contribution in [3.05, 3.63) is 29.8 Å². The third-order valence-corrected chi connectivity index (χ3v) is 2.48. The summed E-state index contributed by atoms with van der Waals surface area (Å²) in [6.45, 7) is 2.02. The molecule has 1 amide bonds. The van der Waals surface area contributed by atoms with Gasteiger partial charge in [0.2, 0.25) is 5.91 Å². The van der Waals surface area contributed by atoms with E-state index < -0.39 is 11.7 Å². The van der Waals surface area contributed by atoms with Crippen LogP contribution in [0.2, 0.25) is 0 Å². The topological polar surface area (TPSA) is 29.1 Å². The predicted molar refractivity (Wildman–Crippen MR) is 64.2 cm³/mol. The molecule has 0 unspecified atom stereocenters. The molecule has 0 fully saturated rings. The Balaban J connectivity index is 2.60. The Labute approximate surface area is 104 Å². The van der Waals surface area contributed by atoms with E-state index in [1.807, 2.05) is 6.92 Å². The second-order valence-corrected chi connectivity index (χ2v) is 4.08. The Morgan fingerprint density at radius 1 is 1.28 bits per heavy atom. The molecule has 0 radical (unpaired) electrons. The average molecular weight is 259 g/mol. The van der Waals surface area contributed by atoms with Gasteiger partial charge >= 0.3 is 6.18 Å². The molecule has 0 aliphatic heterocycles. The largest absolute Gasteiger partial charge is 0.416 e. The molecule has 0 aliphatic carbocycles. The molecule has 0 aromatic heterocycles. The summed E-state index contributed by atoms with van der Waals surface area (Å²) in [6, 6.07) is 4.65. The third kappa shape index (κ3) is 4.77. The molecule has 0 bridgehead atoms. The van der Waals surface area contributed by atoms with Crippen LogP contribution in [0.25, 0.3) is 0 Å². The van der Waals surface area contributed by atoms with E-state index in [2.05, 4.69) is 5.32 Å². The minimum absolute atomic E-state index is 0.186. The van der Waals surface area contributed by atoms with Crippen molar-refractivity contribution < 1.29 is 18.0 Å². The van der Waals surface area contributed by atoms with Crippen LogP contribution in [0.1, 0.15) is 38.2 Å². The highest BCUT2D eigenvalue weighted by Gasteiger charge is 2.30. The van der Waals surface area contributed by atoms with Crippen molar-refractivity contribution in [3.63, 3.8) is 0 Å². The number of unbranched alkanes of at least 4 members (excludes halogenated alkanes) is 2. The summed E-state index contributed by atoms with van der Waals surface area (Å²) in [5, 5.41) is 2.47. The number of carbonyl (C=O) groups excluding carboxylic acids is 1. The van der Waals surface area contributed by atoms with E-state index in [4.69, 9.17) is 0 Å². The number of hydrogen-bond donors (Lipinski definition) is 1. The molecule has 0 aliphatic rings. The van der Waals surface area contributed by atoms with E-state index in [-0.39, 0.29) is 11.6 Å². The third-order valence-electron chi connectivity index (χ3n) is 2.48. The number of benzene rings is 1. The van der Waals surface area contributed by atoms with Crippen molar-refractivity contribution >= 4 is 11.6 Å². The van der Waals surface area contributed by atoms with Gasteiger partial charge in [-0.25, -0.2) is 0 Å². The summed E-state index contributed by atoms with van der Waals surface area (Å²) in [5.74, 6) is -0.247. The molecule has 18 heavy (non-hydrogen) atoms.